The summed E-state index contributed by atoms with van der Waals surface area (Å²) in [6.07, 6.45) is 8.57. The molecule has 0 heterocycles. The van der Waals surface area contributed by atoms with Crippen molar-refractivity contribution in [2.24, 2.45) is 22.7 Å². The van der Waals surface area contributed by atoms with Gasteiger partial charge in [-0.3, -0.25) is 0 Å². The summed E-state index contributed by atoms with van der Waals surface area (Å²) in [6, 6.07) is 7.75. The van der Waals surface area contributed by atoms with E-state index in [4.69, 9.17) is 4.74 Å². The molecule has 0 saturated heterocycles. The van der Waals surface area contributed by atoms with Crippen LogP contribution >= 0.6 is 0 Å². The largest absolute Gasteiger partial charge is 0.497 e. The van der Waals surface area contributed by atoms with Gasteiger partial charge in [-0.25, -0.2) is 0 Å². The summed E-state index contributed by atoms with van der Waals surface area (Å²) < 4.78 is 5.30. The Kier molecular flexibility index (Phi) is 4.50. The summed E-state index contributed by atoms with van der Waals surface area (Å²) in [5, 5.41) is 34.5. The summed E-state index contributed by atoms with van der Waals surface area (Å²) in [7, 11) is 1.65. The molecule has 7 atom stereocenters. The van der Waals surface area contributed by atoms with Crippen LogP contribution in [-0.2, 0) is 5.60 Å². The molecule has 3 N–H and O–H groups in total. The lowest BCUT2D eigenvalue weighted by Crippen LogP contribution is -2.63. The van der Waals surface area contributed by atoms with Crippen molar-refractivity contribution in [2.45, 2.75) is 82.5 Å². The highest BCUT2D eigenvalue weighted by atomic mass is 16.5. The Morgan fingerprint density at radius 2 is 1.63 bits per heavy atom. The van der Waals surface area contributed by atoms with Crippen molar-refractivity contribution in [1.82, 2.24) is 0 Å². The van der Waals surface area contributed by atoms with Gasteiger partial charge in [0.1, 0.15) is 5.75 Å². The summed E-state index contributed by atoms with van der Waals surface area (Å²) in [5.41, 5.74) is -0.100. The van der Waals surface area contributed by atoms with Gasteiger partial charge in [-0.05, 0) is 86.3 Å². The minimum absolute atomic E-state index is 0.0695. The fraction of sp³-hybridized carbons (Fsp3) is 0.692. The quantitative estimate of drug-likeness (QED) is 0.633. The molecule has 164 valence electrons. The molecule has 0 bridgehead atoms. The van der Waals surface area contributed by atoms with E-state index in [-0.39, 0.29) is 17.4 Å². The lowest BCUT2D eigenvalue weighted by molar-refractivity contribution is -0.221. The number of methoxy groups -OCH3 is 1. The van der Waals surface area contributed by atoms with Crippen LogP contribution in [0.1, 0.15) is 70.8 Å². The first-order chi connectivity index (χ1) is 14.2. The highest BCUT2D eigenvalue weighted by molar-refractivity contribution is 5.37. The number of benzene rings is 1. The minimum atomic E-state index is -1.03. The molecule has 30 heavy (non-hydrogen) atoms. The molecular weight excluding hydrogens is 376 g/mol. The molecule has 0 aliphatic heterocycles. The van der Waals surface area contributed by atoms with E-state index in [0.717, 1.165) is 49.8 Å². The first kappa shape index (κ1) is 20.5. The SMILES string of the molecule is COc1ccc([C@@]2(O)CC[C@]3(O)[C@@H]4CCC5=C[C@@H](O)CC[C@]5(C)[C@H]4CC[C@]23C)cc1. The van der Waals surface area contributed by atoms with Gasteiger partial charge in [0.15, 0.2) is 0 Å². The first-order valence-corrected chi connectivity index (χ1v) is 11.7. The van der Waals surface area contributed by atoms with Crippen molar-refractivity contribution >= 4 is 0 Å². The molecule has 0 amide bonds. The van der Waals surface area contributed by atoms with Crippen LogP contribution in [0.2, 0.25) is 0 Å². The van der Waals surface area contributed by atoms with E-state index < -0.39 is 16.6 Å². The fourth-order valence-electron chi connectivity index (χ4n) is 8.03. The predicted octanol–water partition coefficient (Wildman–Crippen LogP) is 4.32. The molecular formula is C26H36O4. The van der Waals surface area contributed by atoms with Crippen LogP contribution in [0.3, 0.4) is 0 Å². The van der Waals surface area contributed by atoms with Gasteiger partial charge in [-0.2, -0.15) is 0 Å². The summed E-state index contributed by atoms with van der Waals surface area (Å²) >= 11 is 0. The Balaban J connectivity index is 1.52. The van der Waals surface area contributed by atoms with E-state index in [1.54, 1.807) is 7.11 Å². The molecule has 3 saturated carbocycles. The maximum absolute atomic E-state index is 12.3. The number of aliphatic hydroxyl groups excluding tert-OH is 1. The van der Waals surface area contributed by atoms with Gasteiger partial charge >= 0.3 is 0 Å². The lowest BCUT2D eigenvalue weighted by Gasteiger charge is -2.62. The lowest BCUT2D eigenvalue weighted by atomic mass is 9.44. The van der Waals surface area contributed by atoms with Crippen molar-refractivity contribution in [3.05, 3.63) is 41.5 Å². The molecule has 4 nitrogen and oxygen atoms in total. The maximum atomic E-state index is 12.3. The van der Waals surface area contributed by atoms with Gasteiger partial charge in [-0.1, -0.05) is 37.6 Å². The van der Waals surface area contributed by atoms with Crippen LogP contribution in [0, 0.1) is 22.7 Å². The van der Waals surface area contributed by atoms with Crippen LogP contribution in [0.4, 0.5) is 0 Å². The molecule has 0 aromatic heterocycles. The fourth-order valence-corrected chi connectivity index (χ4v) is 8.03. The molecule has 4 heteroatoms. The van der Waals surface area contributed by atoms with E-state index in [1.807, 2.05) is 24.3 Å². The Morgan fingerprint density at radius 1 is 0.900 bits per heavy atom. The molecule has 4 aliphatic rings. The molecule has 0 unspecified atom stereocenters. The van der Waals surface area contributed by atoms with E-state index in [9.17, 15) is 15.3 Å². The molecule has 0 radical (unpaired) electrons. The standard InChI is InChI=1S/C26H36O4/c1-23-12-10-19(27)16-18(23)6-9-22-21(23)11-13-24(2)25(28,14-15-26(22,24)29)17-4-7-20(30-3)8-5-17/h4-5,7-8,16,19,21-22,27-29H,6,9-15H2,1-3H3/t19-,21-,22+,23-,24+,25-,26-/m0/s1. The second kappa shape index (κ2) is 6.57. The average molecular weight is 413 g/mol. The number of fused-ring (bicyclic) bond motifs is 5. The third-order valence-electron chi connectivity index (χ3n) is 9.99. The van der Waals surface area contributed by atoms with Crippen LogP contribution in [-0.4, -0.2) is 34.1 Å². The zero-order chi connectivity index (χ0) is 21.4. The molecule has 1 aromatic carbocycles. The van der Waals surface area contributed by atoms with Crippen LogP contribution in [0.15, 0.2) is 35.9 Å². The normalized spacial score (nSPS) is 47.7. The van der Waals surface area contributed by atoms with Crippen molar-refractivity contribution in [1.29, 1.82) is 0 Å². The molecule has 3 fully saturated rings. The van der Waals surface area contributed by atoms with Crippen molar-refractivity contribution in [3.63, 3.8) is 0 Å². The van der Waals surface area contributed by atoms with Crippen LogP contribution in [0.25, 0.3) is 0 Å². The topological polar surface area (TPSA) is 69.9 Å². The van der Waals surface area contributed by atoms with Crippen LogP contribution in [0.5, 0.6) is 5.75 Å². The molecule has 1 aromatic rings. The average Bonchev–Trinajstić information content (AvgIpc) is 2.96. The Hall–Kier alpha value is -1.36. The number of ether oxygens (including phenoxy) is 1. The third-order valence-corrected chi connectivity index (χ3v) is 9.99. The highest BCUT2D eigenvalue weighted by Gasteiger charge is 2.71. The molecule has 0 spiro atoms. The smallest absolute Gasteiger partial charge is 0.118 e. The van der Waals surface area contributed by atoms with Crippen molar-refractivity contribution in [3.8, 4) is 5.75 Å². The molecule has 4 aliphatic carbocycles. The van der Waals surface area contributed by atoms with Gasteiger partial charge in [0.25, 0.3) is 0 Å². The summed E-state index contributed by atoms with van der Waals surface area (Å²) in [6.45, 7) is 4.48. The van der Waals surface area contributed by atoms with Gasteiger partial charge in [-0.15, -0.1) is 0 Å². The van der Waals surface area contributed by atoms with Crippen molar-refractivity contribution < 1.29 is 20.1 Å². The summed E-state index contributed by atoms with van der Waals surface area (Å²) in [5.74, 6) is 1.39. The number of rotatable bonds is 2. The molecule has 5 rings (SSSR count). The second-order valence-electron chi connectivity index (χ2n) is 10.9. The second-order valence-corrected chi connectivity index (χ2v) is 10.9. The van der Waals surface area contributed by atoms with Gasteiger partial charge in [0.05, 0.1) is 24.4 Å². The Morgan fingerprint density at radius 3 is 2.33 bits per heavy atom. The maximum Gasteiger partial charge on any atom is 0.118 e. The number of aliphatic hydroxyl groups is 3. The number of hydrogen-bond acceptors (Lipinski definition) is 4. The Labute approximate surface area is 180 Å². The third kappa shape index (κ3) is 2.44. The van der Waals surface area contributed by atoms with E-state index in [1.165, 1.54) is 5.57 Å². The van der Waals surface area contributed by atoms with E-state index in [2.05, 4.69) is 19.9 Å². The van der Waals surface area contributed by atoms with Crippen LogP contribution < -0.4 is 4.74 Å². The first-order valence-electron chi connectivity index (χ1n) is 11.7. The minimum Gasteiger partial charge on any atom is -0.497 e. The predicted molar refractivity (Wildman–Crippen MR) is 116 cm³/mol. The zero-order valence-electron chi connectivity index (χ0n) is 18.5. The van der Waals surface area contributed by atoms with Crippen molar-refractivity contribution in [2.75, 3.05) is 7.11 Å². The van der Waals surface area contributed by atoms with Gasteiger partial charge < -0.3 is 20.1 Å². The number of hydrogen-bond donors (Lipinski definition) is 3. The highest BCUT2D eigenvalue weighted by Crippen LogP contribution is 2.71. The van der Waals surface area contributed by atoms with E-state index in [0.29, 0.717) is 18.8 Å². The number of allylic oxidation sites excluding steroid dienone is 1. The zero-order valence-corrected chi connectivity index (χ0v) is 18.5. The van der Waals surface area contributed by atoms with E-state index >= 15 is 0 Å². The van der Waals surface area contributed by atoms with Gasteiger partial charge in [0.2, 0.25) is 0 Å². The Bertz CT molecular complexity index is 862. The van der Waals surface area contributed by atoms with Gasteiger partial charge in [0, 0.05) is 5.41 Å². The summed E-state index contributed by atoms with van der Waals surface area (Å²) in [4.78, 5) is 0. The monoisotopic (exact) mass is 412 g/mol.